The highest BCUT2D eigenvalue weighted by Gasteiger charge is 2.29. The number of nitrogens with zero attached hydrogens (tertiary/aromatic N) is 1. The van der Waals surface area contributed by atoms with Crippen molar-refractivity contribution < 1.29 is 17.9 Å². The van der Waals surface area contributed by atoms with E-state index in [0.717, 1.165) is 16.1 Å². The van der Waals surface area contributed by atoms with Crippen molar-refractivity contribution >= 4 is 27.3 Å². The van der Waals surface area contributed by atoms with Crippen LogP contribution in [0.5, 0.6) is 5.75 Å². The number of amides is 1. The third-order valence-corrected chi connectivity index (χ3v) is 5.50. The summed E-state index contributed by atoms with van der Waals surface area (Å²) in [5.41, 5.74) is 2.08. The van der Waals surface area contributed by atoms with E-state index >= 15 is 0 Å². The predicted molar refractivity (Wildman–Crippen MR) is 109 cm³/mol. The van der Waals surface area contributed by atoms with Gasteiger partial charge in [-0.3, -0.25) is 9.10 Å². The molecule has 0 heterocycles. The SMILES string of the molecule is COc1ccc(N([C@H](C)C(=O)Nc2ccccc2C(C)C)S(C)(=O)=O)cc1. The summed E-state index contributed by atoms with van der Waals surface area (Å²) >= 11 is 0. The second-order valence-corrected chi connectivity index (χ2v) is 8.52. The van der Waals surface area contributed by atoms with Crippen LogP contribution in [-0.2, 0) is 14.8 Å². The molecule has 0 saturated heterocycles. The average molecular weight is 391 g/mol. The van der Waals surface area contributed by atoms with E-state index in [9.17, 15) is 13.2 Å². The number of para-hydroxylation sites is 1. The van der Waals surface area contributed by atoms with E-state index in [4.69, 9.17) is 4.74 Å². The smallest absolute Gasteiger partial charge is 0.248 e. The van der Waals surface area contributed by atoms with Gasteiger partial charge in [0.25, 0.3) is 0 Å². The monoisotopic (exact) mass is 390 g/mol. The molecule has 1 N–H and O–H groups in total. The Morgan fingerprint density at radius 1 is 1.04 bits per heavy atom. The van der Waals surface area contributed by atoms with Crippen LogP contribution in [0.2, 0.25) is 0 Å². The van der Waals surface area contributed by atoms with Crippen molar-refractivity contribution in [1.82, 2.24) is 0 Å². The fourth-order valence-corrected chi connectivity index (χ4v) is 4.06. The fourth-order valence-electron chi connectivity index (χ4n) is 2.89. The topological polar surface area (TPSA) is 75.7 Å². The normalized spacial score (nSPS) is 12.5. The first kappa shape index (κ1) is 20.8. The van der Waals surface area contributed by atoms with E-state index in [0.29, 0.717) is 17.1 Å². The molecule has 1 atom stereocenters. The minimum absolute atomic E-state index is 0.226. The van der Waals surface area contributed by atoms with Crippen molar-refractivity contribution in [3.8, 4) is 5.75 Å². The number of nitrogens with one attached hydrogen (secondary N) is 1. The second-order valence-electron chi connectivity index (χ2n) is 6.66. The number of methoxy groups -OCH3 is 1. The number of carbonyl (C=O) groups excluding carboxylic acids is 1. The van der Waals surface area contributed by atoms with Crippen LogP contribution in [0.4, 0.5) is 11.4 Å². The van der Waals surface area contributed by atoms with Crippen molar-refractivity contribution in [1.29, 1.82) is 0 Å². The molecule has 6 nitrogen and oxygen atoms in total. The van der Waals surface area contributed by atoms with Gasteiger partial charge in [-0.25, -0.2) is 8.42 Å². The van der Waals surface area contributed by atoms with Gasteiger partial charge in [0, 0.05) is 5.69 Å². The van der Waals surface area contributed by atoms with Crippen LogP contribution < -0.4 is 14.4 Å². The lowest BCUT2D eigenvalue weighted by Gasteiger charge is -2.28. The molecule has 0 aliphatic heterocycles. The Balaban J connectivity index is 2.33. The summed E-state index contributed by atoms with van der Waals surface area (Å²) in [7, 11) is -2.14. The summed E-state index contributed by atoms with van der Waals surface area (Å²) in [6.07, 6.45) is 1.09. The number of rotatable bonds is 7. The number of carbonyl (C=O) groups is 1. The van der Waals surface area contributed by atoms with E-state index < -0.39 is 22.0 Å². The van der Waals surface area contributed by atoms with Gasteiger partial charge >= 0.3 is 0 Å². The molecular weight excluding hydrogens is 364 g/mol. The number of ether oxygens (including phenoxy) is 1. The molecule has 0 fully saturated rings. The molecule has 2 rings (SSSR count). The van der Waals surface area contributed by atoms with Gasteiger partial charge in [-0.2, -0.15) is 0 Å². The van der Waals surface area contributed by atoms with E-state index in [1.54, 1.807) is 31.2 Å². The summed E-state index contributed by atoms with van der Waals surface area (Å²) in [5.74, 6) is 0.434. The van der Waals surface area contributed by atoms with Gasteiger partial charge < -0.3 is 10.1 Å². The Hall–Kier alpha value is -2.54. The third kappa shape index (κ3) is 5.01. The van der Waals surface area contributed by atoms with Crippen molar-refractivity contribution in [2.24, 2.45) is 0 Å². The molecule has 0 aliphatic rings. The molecule has 0 aromatic heterocycles. The zero-order valence-electron chi connectivity index (χ0n) is 16.3. The molecule has 0 aliphatic carbocycles. The fraction of sp³-hybridized carbons (Fsp3) is 0.350. The summed E-state index contributed by atoms with van der Waals surface area (Å²) in [6.45, 7) is 5.64. The molecule has 0 saturated carbocycles. The standard InChI is InChI=1S/C20H26N2O4S/c1-14(2)18-8-6-7-9-19(18)21-20(23)15(3)22(27(5,24)25)16-10-12-17(26-4)13-11-16/h6-15H,1-5H3,(H,21,23)/t15-/m1/s1. The van der Waals surface area contributed by atoms with Crippen molar-refractivity contribution in [2.75, 3.05) is 23.0 Å². The predicted octanol–water partition coefficient (Wildman–Crippen LogP) is 3.61. The van der Waals surface area contributed by atoms with Gasteiger partial charge in [-0.1, -0.05) is 32.0 Å². The van der Waals surface area contributed by atoms with Crippen LogP contribution in [0.1, 0.15) is 32.3 Å². The molecule has 27 heavy (non-hydrogen) atoms. The van der Waals surface area contributed by atoms with Crippen molar-refractivity contribution in [3.63, 3.8) is 0 Å². The maximum Gasteiger partial charge on any atom is 0.248 e. The first-order valence-corrected chi connectivity index (χ1v) is 10.5. The van der Waals surface area contributed by atoms with Gasteiger partial charge in [0.1, 0.15) is 11.8 Å². The van der Waals surface area contributed by atoms with Crippen LogP contribution in [-0.4, -0.2) is 33.7 Å². The van der Waals surface area contributed by atoms with Gasteiger partial charge in [-0.05, 0) is 48.7 Å². The maximum atomic E-state index is 12.8. The van der Waals surface area contributed by atoms with Gasteiger partial charge in [0.05, 0.1) is 19.1 Å². The average Bonchev–Trinajstić information content (AvgIpc) is 2.61. The number of hydrogen-bond donors (Lipinski definition) is 1. The van der Waals surface area contributed by atoms with Crippen LogP contribution in [0, 0.1) is 0 Å². The summed E-state index contributed by atoms with van der Waals surface area (Å²) in [6, 6.07) is 13.1. The van der Waals surface area contributed by atoms with Crippen molar-refractivity contribution in [2.45, 2.75) is 32.7 Å². The van der Waals surface area contributed by atoms with E-state index in [-0.39, 0.29) is 5.92 Å². The van der Waals surface area contributed by atoms with Crippen LogP contribution >= 0.6 is 0 Å². The van der Waals surface area contributed by atoms with E-state index in [2.05, 4.69) is 5.32 Å². The van der Waals surface area contributed by atoms with Crippen molar-refractivity contribution in [3.05, 3.63) is 54.1 Å². The van der Waals surface area contributed by atoms with Crippen LogP contribution in [0.25, 0.3) is 0 Å². The quantitative estimate of drug-likeness (QED) is 0.784. The molecule has 146 valence electrons. The lowest BCUT2D eigenvalue weighted by Crippen LogP contribution is -2.45. The lowest BCUT2D eigenvalue weighted by atomic mass is 10.0. The molecule has 1 amide bonds. The number of benzene rings is 2. The Bertz CT molecular complexity index is 892. The van der Waals surface area contributed by atoms with Gasteiger partial charge in [0.15, 0.2) is 0 Å². The lowest BCUT2D eigenvalue weighted by molar-refractivity contribution is -0.116. The summed E-state index contributed by atoms with van der Waals surface area (Å²) < 4.78 is 31.0. The second kappa shape index (κ2) is 8.43. The minimum atomic E-state index is -3.67. The van der Waals surface area contributed by atoms with Gasteiger partial charge in [0.2, 0.25) is 15.9 Å². The zero-order chi connectivity index (χ0) is 20.2. The molecule has 7 heteroatoms. The first-order chi connectivity index (χ1) is 12.6. The minimum Gasteiger partial charge on any atom is -0.497 e. The molecule has 2 aromatic rings. The highest BCUT2D eigenvalue weighted by Crippen LogP contribution is 2.26. The molecule has 0 unspecified atom stereocenters. The summed E-state index contributed by atoms with van der Waals surface area (Å²) in [4.78, 5) is 12.8. The Morgan fingerprint density at radius 3 is 2.15 bits per heavy atom. The van der Waals surface area contributed by atoms with Crippen LogP contribution in [0.3, 0.4) is 0 Å². The highest BCUT2D eigenvalue weighted by molar-refractivity contribution is 7.92. The molecule has 0 spiro atoms. The molecule has 2 aromatic carbocycles. The summed E-state index contributed by atoms with van der Waals surface area (Å²) in [5, 5.41) is 2.87. The third-order valence-electron chi connectivity index (χ3n) is 4.26. The largest absolute Gasteiger partial charge is 0.497 e. The Morgan fingerprint density at radius 2 is 1.63 bits per heavy atom. The molecule has 0 bridgehead atoms. The molecule has 0 radical (unpaired) electrons. The Labute approximate surface area is 161 Å². The maximum absolute atomic E-state index is 12.8. The Kier molecular flexibility index (Phi) is 6.49. The molecular formula is C20H26N2O4S. The first-order valence-electron chi connectivity index (χ1n) is 8.68. The van der Waals surface area contributed by atoms with Gasteiger partial charge in [-0.15, -0.1) is 0 Å². The van der Waals surface area contributed by atoms with E-state index in [1.165, 1.54) is 7.11 Å². The zero-order valence-corrected chi connectivity index (χ0v) is 17.1. The number of hydrogen-bond acceptors (Lipinski definition) is 4. The highest BCUT2D eigenvalue weighted by atomic mass is 32.2. The van der Waals surface area contributed by atoms with E-state index in [1.807, 2.05) is 38.1 Å². The van der Waals surface area contributed by atoms with Crippen LogP contribution in [0.15, 0.2) is 48.5 Å². The number of anilines is 2. The number of sulfonamides is 1.